The van der Waals surface area contributed by atoms with E-state index >= 15 is 0 Å². The lowest BCUT2D eigenvalue weighted by Gasteiger charge is -2.32. The van der Waals surface area contributed by atoms with E-state index in [9.17, 15) is 13.2 Å². The fourth-order valence-electron chi connectivity index (χ4n) is 2.02. The zero-order valence-corrected chi connectivity index (χ0v) is 13.2. The summed E-state index contributed by atoms with van der Waals surface area (Å²) in [5.41, 5.74) is -2.03. The maximum atomic E-state index is 12.9. The standard InChI is InChI=1S/C14H19BF3NO3/c1-6-20-11-10(7-9(8-19-11)14(16,17)18)15-21-12(2,3)13(4,5)22-15/h7-8H,6H2,1-5H3. The maximum absolute atomic E-state index is 12.9. The van der Waals surface area contributed by atoms with Crippen LogP contribution in [0.2, 0.25) is 0 Å². The second-order valence-corrected chi connectivity index (χ2v) is 6.14. The molecule has 1 aromatic heterocycles. The second kappa shape index (κ2) is 5.42. The lowest BCUT2D eigenvalue weighted by atomic mass is 9.79. The Kier molecular flexibility index (Phi) is 4.21. The van der Waals surface area contributed by atoms with Crippen LogP contribution in [0.15, 0.2) is 12.3 Å². The van der Waals surface area contributed by atoms with Crippen LogP contribution in [0.5, 0.6) is 5.88 Å². The Morgan fingerprint density at radius 1 is 1.18 bits per heavy atom. The Hall–Kier alpha value is -1.28. The number of aromatic nitrogens is 1. The van der Waals surface area contributed by atoms with E-state index < -0.39 is 30.1 Å². The molecule has 1 aliphatic rings. The van der Waals surface area contributed by atoms with E-state index in [0.29, 0.717) is 0 Å². The minimum atomic E-state index is -4.49. The highest BCUT2D eigenvalue weighted by Gasteiger charge is 2.53. The van der Waals surface area contributed by atoms with Crippen molar-refractivity contribution in [2.45, 2.75) is 52.0 Å². The minimum Gasteiger partial charge on any atom is -0.478 e. The lowest BCUT2D eigenvalue weighted by Crippen LogP contribution is -2.41. The first kappa shape index (κ1) is 17.1. The third-order valence-corrected chi connectivity index (χ3v) is 3.99. The molecule has 1 aromatic rings. The number of hydrogen-bond donors (Lipinski definition) is 0. The van der Waals surface area contributed by atoms with Gasteiger partial charge in [0.2, 0.25) is 5.88 Å². The molecular weight excluding hydrogens is 298 g/mol. The average Bonchev–Trinajstić information content (AvgIpc) is 2.57. The van der Waals surface area contributed by atoms with Gasteiger partial charge in [-0.2, -0.15) is 13.2 Å². The summed E-state index contributed by atoms with van der Waals surface area (Å²) in [4.78, 5) is 3.77. The summed E-state index contributed by atoms with van der Waals surface area (Å²) in [6, 6.07) is 0.972. The van der Waals surface area contributed by atoms with Gasteiger partial charge < -0.3 is 14.0 Å². The number of nitrogens with zero attached hydrogens (tertiary/aromatic N) is 1. The molecule has 1 fully saturated rings. The van der Waals surface area contributed by atoms with Gasteiger partial charge in [0.05, 0.1) is 23.4 Å². The summed E-state index contributed by atoms with van der Waals surface area (Å²) in [5, 5.41) is 0. The van der Waals surface area contributed by atoms with E-state index in [1.54, 1.807) is 6.92 Å². The van der Waals surface area contributed by atoms with E-state index in [1.165, 1.54) is 0 Å². The summed E-state index contributed by atoms with van der Waals surface area (Å²) < 4.78 is 55.6. The van der Waals surface area contributed by atoms with Gasteiger partial charge in [-0.25, -0.2) is 4.98 Å². The van der Waals surface area contributed by atoms with Crippen LogP contribution >= 0.6 is 0 Å². The third-order valence-electron chi connectivity index (χ3n) is 3.99. The average molecular weight is 317 g/mol. The molecule has 4 nitrogen and oxygen atoms in total. The number of ether oxygens (including phenoxy) is 1. The molecule has 0 spiro atoms. The molecule has 0 atom stereocenters. The van der Waals surface area contributed by atoms with Crippen molar-refractivity contribution < 1.29 is 27.2 Å². The smallest absolute Gasteiger partial charge is 0.478 e. The van der Waals surface area contributed by atoms with Crippen molar-refractivity contribution in [3.05, 3.63) is 17.8 Å². The van der Waals surface area contributed by atoms with Crippen LogP contribution in [-0.4, -0.2) is 29.9 Å². The van der Waals surface area contributed by atoms with E-state index in [2.05, 4.69) is 4.98 Å². The molecule has 0 radical (unpaired) electrons. The van der Waals surface area contributed by atoms with Gasteiger partial charge in [0, 0.05) is 11.7 Å². The number of pyridine rings is 1. The largest absolute Gasteiger partial charge is 0.500 e. The molecule has 2 heterocycles. The topological polar surface area (TPSA) is 40.6 Å². The Labute approximate surface area is 128 Å². The highest BCUT2D eigenvalue weighted by molar-refractivity contribution is 6.63. The van der Waals surface area contributed by atoms with E-state index in [-0.39, 0.29) is 17.9 Å². The van der Waals surface area contributed by atoms with Crippen molar-refractivity contribution in [3.8, 4) is 5.88 Å². The van der Waals surface area contributed by atoms with Crippen molar-refractivity contribution in [2.75, 3.05) is 6.61 Å². The molecule has 0 aromatic carbocycles. The summed E-state index contributed by atoms with van der Waals surface area (Å²) >= 11 is 0. The van der Waals surface area contributed by atoms with Gasteiger partial charge >= 0.3 is 13.3 Å². The predicted octanol–water partition coefficient (Wildman–Crippen LogP) is 2.80. The van der Waals surface area contributed by atoms with Crippen LogP contribution in [0.1, 0.15) is 40.2 Å². The fraction of sp³-hybridized carbons (Fsp3) is 0.643. The minimum absolute atomic E-state index is 0.0917. The highest BCUT2D eigenvalue weighted by Crippen LogP contribution is 2.37. The molecule has 0 unspecified atom stereocenters. The van der Waals surface area contributed by atoms with E-state index in [4.69, 9.17) is 14.0 Å². The fourth-order valence-corrected chi connectivity index (χ4v) is 2.02. The van der Waals surface area contributed by atoms with Crippen LogP contribution in [-0.2, 0) is 15.5 Å². The van der Waals surface area contributed by atoms with Crippen molar-refractivity contribution in [2.24, 2.45) is 0 Å². The summed E-state index contributed by atoms with van der Waals surface area (Å²) in [6.07, 6.45) is -3.74. The van der Waals surface area contributed by atoms with Gasteiger partial charge in [-0.05, 0) is 40.7 Å². The molecule has 1 aliphatic heterocycles. The molecule has 0 bridgehead atoms. The summed E-state index contributed by atoms with van der Waals surface area (Å²) in [6.45, 7) is 9.32. The summed E-state index contributed by atoms with van der Waals surface area (Å²) in [7, 11) is -0.957. The maximum Gasteiger partial charge on any atom is 0.500 e. The van der Waals surface area contributed by atoms with Gasteiger partial charge in [0.15, 0.2) is 0 Å². The Bertz CT molecular complexity index is 545. The SMILES string of the molecule is CCOc1ncc(C(F)(F)F)cc1B1OC(C)(C)C(C)(C)O1. The molecule has 1 saturated heterocycles. The van der Waals surface area contributed by atoms with Crippen LogP contribution in [0, 0.1) is 0 Å². The molecule has 2 rings (SSSR count). The van der Waals surface area contributed by atoms with Crippen molar-refractivity contribution in [1.82, 2.24) is 4.98 Å². The number of alkyl halides is 3. The highest BCUT2D eigenvalue weighted by atomic mass is 19.4. The third kappa shape index (κ3) is 3.08. The molecule has 8 heteroatoms. The van der Waals surface area contributed by atoms with Crippen LogP contribution in [0.3, 0.4) is 0 Å². The Morgan fingerprint density at radius 3 is 2.18 bits per heavy atom. The van der Waals surface area contributed by atoms with Gasteiger partial charge in [-0.15, -0.1) is 0 Å². The molecule has 0 amide bonds. The zero-order chi connectivity index (χ0) is 16.8. The molecule has 22 heavy (non-hydrogen) atoms. The van der Waals surface area contributed by atoms with Crippen LogP contribution in [0.4, 0.5) is 13.2 Å². The molecule has 0 aliphatic carbocycles. The molecule has 0 saturated carbocycles. The van der Waals surface area contributed by atoms with Crippen molar-refractivity contribution >= 4 is 12.6 Å². The molecular formula is C14H19BF3NO3. The van der Waals surface area contributed by atoms with Crippen molar-refractivity contribution in [1.29, 1.82) is 0 Å². The summed E-state index contributed by atoms with van der Waals surface area (Å²) in [5.74, 6) is 0.0917. The second-order valence-electron chi connectivity index (χ2n) is 6.14. The van der Waals surface area contributed by atoms with Crippen molar-refractivity contribution in [3.63, 3.8) is 0 Å². The number of rotatable bonds is 3. The van der Waals surface area contributed by atoms with E-state index in [1.807, 2.05) is 27.7 Å². The first-order valence-electron chi connectivity index (χ1n) is 7.03. The van der Waals surface area contributed by atoms with E-state index in [0.717, 1.165) is 12.3 Å². The normalized spacial score (nSPS) is 20.3. The zero-order valence-electron chi connectivity index (χ0n) is 13.2. The van der Waals surface area contributed by atoms with Gasteiger partial charge in [0.1, 0.15) is 0 Å². The Morgan fingerprint density at radius 2 is 1.73 bits per heavy atom. The Balaban J connectivity index is 2.44. The monoisotopic (exact) mass is 317 g/mol. The first-order chi connectivity index (χ1) is 9.98. The van der Waals surface area contributed by atoms with Gasteiger partial charge in [-0.1, -0.05) is 0 Å². The number of hydrogen-bond acceptors (Lipinski definition) is 4. The first-order valence-corrected chi connectivity index (χ1v) is 7.03. The lowest BCUT2D eigenvalue weighted by molar-refractivity contribution is -0.137. The predicted molar refractivity (Wildman–Crippen MR) is 76.1 cm³/mol. The van der Waals surface area contributed by atoms with Crippen LogP contribution < -0.4 is 10.2 Å². The van der Waals surface area contributed by atoms with Gasteiger partial charge in [-0.3, -0.25) is 0 Å². The number of halogens is 3. The van der Waals surface area contributed by atoms with Gasteiger partial charge in [0.25, 0.3) is 0 Å². The van der Waals surface area contributed by atoms with Crippen LogP contribution in [0.25, 0.3) is 0 Å². The molecule has 0 N–H and O–H groups in total. The quantitative estimate of drug-likeness (QED) is 0.804. The molecule has 122 valence electrons.